The fraction of sp³-hybridized carbons (Fsp3) is 0. The zero-order valence-electron chi connectivity index (χ0n) is 11.8. The lowest BCUT2D eigenvalue weighted by molar-refractivity contribution is -0.393. The maximum Gasteiger partial charge on any atom is 0.287 e. The van der Waals surface area contributed by atoms with Crippen LogP contribution < -0.4 is 0 Å². The maximum atomic E-state index is 11.2. The number of nitro benzene ring substituents is 2. The van der Waals surface area contributed by atoms with Crippen LogP contribution in [0.3, 0.4) is 0 Å². The van der Waals surface area contributed by atoms with Gasteiger partial charge in [-0.25, -0.2) is 4.68 Å². The average Bonchev–Trinajstić information content (AvgIpc) is 3.23. The molecule has 0 spiro atoms. The van der Waals surface area contributed by atoms with E-state index in [0.29, 0.717) is 5.76 Å². The van der Waals surface area contributed by atoms with Crippen LogP contribution in [-0.4, -0.2) is 30.9 Å². The molecular formula is C13H8N6O5. The van der Waals surface area contributed by atoms with Gasteiger partial charge in [-0.15, -0.1) is 10.2 Å². The molecule has 24 heavy (non-hydrogen) atoms. The fourth-order valence-electron chi connectivity index (χ4n) is 1.94. The Hall–Kier alpha value is -3.89. The van der Waals surface area contributed by atoms with E-state index < -0.39 is 15.5 Å². The molecule has 0 radical (unpaired) electrons. The van der Waals surface area contributed by atoms with Crippen LogP contribution in [0.2, 0.25) is 0 Å². The summed E-state index contributed by atoms with van der Waals surface area (Å²) in [5.74, 6) is 0.535. The van der Waals surface area contributed by atoms with Crippen LogP contribution in [0, 0.1) is 20.2 Å². The van der Waals surface area contributed by atoms with Gasteiger partial charge < -0.3 is 4.42 Å². The first kappa shape index (κ1) is 15.0. The van der Waals surface area contributed by atoms with Gasteiger partial charge in [-0.05, 0) is 18.2 Å². The van der Waals surface area contributed by atoms with Gasteiger partial charge in [0, 0.05) is 6.07 Å². The normalized spacial score (nSPS) is 11.0. The molecular weight excluding hydrogens is 320 g/mol. The Bertz CT molecular complexity index is 930. The van der Waals surface area contributed by atoms with Crippen molar-refractivity contribution in [2.75, 3.05) is 0 Å². The summed E-state index contributed by atoms with van der Waals surface area (Å²) < 4.78 is 6.83. The second-order valence-corrected chi connectivity index (χ2v) is 4.50. The van der Waals surface area contributed by atoms with Crippen LogP contribution in [0.15, 0.2) is 52.5 Å². The minimum absolute atomic E-state index is 0.134. The highest BCUT2D eigenvalue weighted by molar-refractivity contribution is 5.79. The second kappa shape index (κ2) is 6.08. The van der Waals surface area contributed by atoms with Crippen molar-refractivity contribution in [2.45, 2.75) is 0 Å². The highest BCUT2D eigenvalue weighted by Crippen LogP contribution is 2.33. The van der Waals surface area contributed by atoms with Crippen molar-refractivity contribution < 1.29 is 14.3 Å². The van der Waals surface area contributed by atoms with E-state index in [1.54, 1.807) is 6.07 Å². The van der Waals surface area contributed by atoms with Gasteiger partial charge in [-0.2, -0.15) is 5.10 Å². The first-order valence-corrected chi connectivity index (χ1v) is 6.46. The maximum absolute atomic E-state index is 11.2. The van der Waals surface area contributed by atoms with E-state index in [4.69, 9.17) is 4.42 Å². The van der Waals surface area contributed by atoms with Gasteiger partial charge >= 0.3 is 0 Å². The molecule has 0 saturated heterocycles. The Balaban J connectivity index is 1.95. The molecule has 1 aromatic carbocycles. The van der Waals surface area contributed by atoms with E-state index in [1.165, 1.54) is 41.7 Å². The van der Waals surface area contributed by atoms with E-state index in [-0.39, 0.29) is 17.0 Å². The Kier molecular flexibility index (Phi) is 3.81. The molecule has 0 aliphatic rings. The predicted molar refractivity (Wildman–Crippen MR) is 80.5 cm³/mol. The van der Waals surface area contributed by atoms with E-state index >= 15 is 0 Å². The van der Waals surface area contributed by atoms with Gasteiger partial charge in [0.15, 0.2) is 0 Å². The monoisotopic (exact) mass is 328 g/mol. The molecule has 120 valence electrons. The molecule has 0 aliphatic heterocycles. The Morgan fingerprint density at radius 3 is 2.50 bits per heavy atom. The molecule has 11 nitrogen and oxygen atoms in total. The third-order valence-corrected chi connectivity index (χ3v) is 3.01. The zero-order chi connectivity index (χ0) is 17.1. The zero-order valence-corrected chi connectivity index (χ0v) is 11.8. The molecule has 0 saturated carbocycles. The number of hydrogen-bond donors (Lipinski definition) is 0. The van der Waals surface area contributed by atoms with Crippen molar-refractivity contribution in [2.24, 2.45) is 5.10 Å². The molecule has 3 aromatic rings. The molecule has 2 aromatic heterocycles. The molecule has 0 bridgehead atoms. The first-order chi connectivity index (χ1) is 11.5. The third-order valence-electron chi connectivity index (χ3n) is 3.01. The van der Waals surface area contributed by atoms with E-state index in [2.05, 4.69) is 15.3 Å². The SMILES string of the molecule is O=[N+]([O-])c1ccc(-c2ccc(/C=N\n3cnnc3)o2)c([N+](=O)[O-])c1. The number of furan rings is 1. The van der Waals surface area contributed by atoms with Crippen molar-refractivity contribution in [3.8, 4) is 11.3 Å². The van der Waals surface area contributed by atoms with Gasteiger partial charge in [0.2, 0.25) is 0 Å². The fourth-order valence-corrected chi connectivity index (χ4v) is 1.94. The lowest BCUT2D eigenvalue weighted by Crippen LogP contribution is -1.94. The summed E-state index contributed by atoms with van der Waals surface area (Å²) in [6.45, 7) is 0. The van der Waals surface area contributed by atoms with Gasteiger partial charge in [0.25, 0.3) is 11.4 Å². The van der Waals surface area contributed by atoms with Crippen molar-refractivity contribution in [1.82, 2.24) is 14.9 Å². The smallest absolute Gasteiger partial charge is 0.287 e. The van der Waals surface area contributed by atoms with Crippen LogP contribution in [0.1, 0.15) is 5.76 Å². The third kappa shape index (κ3) is 2.99. The number of nitro groups is 2. The molecule has 2 heterocycles. The number of rotatable bonds is 5. The highest BCUT2D eigenvalue weighted by atomic mass is 16.6. The van der Waals surface area contributed by atoms with Crippen molar-refractivity contribution >= 4 is 17.6 Å². The number of benzene rings is 1. The van der Waals surface area contributed by atoms with Crippen molar-refractivity contribution in [3.63, 3.8) is 0 Å². The van der Waals surface area contributed by atoms with Crippen LogP contribution in [0.5, 0.6) is 0 Å². The molecule has 0 unspecified atom stereocenters. The summed E-state index contributed by atoms with van der Waals surface area (Å²) in [4.78, 5) is 20.5. The van der Waals surface area contributed by atoms with Crippen LogP contribution in [0.4, 0.5) is 11.4 Å². The molecule has 0 atom stereocenters. The lowest BCUT2D eigenvalue weighted by atomic mass is 10.1. The molecule has 3 rings (SSSR count). The van der Waals surface area contributed by atoms with E-state index in [1.807, 2.05) is 0 Å². The summed E-state index contributed by atoms with van der Waals surface area (Å²) in [6.07, 6.45) is 4.13. The molecule has 11 heteroatoms. The number of hydrogen-bond acceptors (Lipinski definition) is 8. The first-order valence-electron chi connectivity index (χ1n) is 6.46. The molecule has 0 amide bonds. The molecule has 0 fully saturated rings. The van der Waals surface area contributed by atoms with Crippen LogP contribution >= 0.6 is 0 Å². The average molecular weight is 328 g/mol. The summed E-state index contributed by atoms with van der Waals surface area (Å²) in [5.41, 5.74) is -0.651. The summed E-state index contributed by atoms with van der Waals surface area (Å²) >= 11 is 0. The highest BCUT2D eigenvalue weighted by Gasteiger charge is 2.22. The summed E-state index contributed by atoms with van der Waals surface area (Å²) in [6, 6.07) is 6.42. The van der Waals surface area contributed by atoms with Gasteiger partial charge in [-0.3, -0.25) is 20.2 Å². The van der Waals surface area contributed by atoms with Gasteiger partial charge in [0.05, 0.1) is 27.7 Å². The van der Waals surface area contributed by atoms with Crippen LogP contribution in [0.25, 0.3) is 11.3 Å². The number of non-ortho nitro benzene ring substituents is 1. The number of nitrogens with zero attached hydrogens (tertiary/aromatic N) is 6. The molecule has 0 aliphatic carbocycles. The topological polar surface area (TPSA) is 142 Å². The standard InChI is InChI=1S/C13H8N6O5/c20-18(21)9-1-3-11(12(5-9)19(22)23)13-4-2-10(24-13)6-16-17-7-14-15-8-17/h1-8H/b16-6-. The van der Waals surface area contributed by atoms with Gasteiger partial charge in [0.1, 0.15) is 24.2 Å². The minimum atomic E-state index is -0.699. The molecule has 0 N–H and O–H groups in total. The van der Waals surface area contributed by atoms with Crippen molar-refractivity contribution in [1.29, 1.82) is 0 Å². The van der Waals surface area contributed by atoms with E-state index in [9.17, 15) is 20.2 Å². The number of aromatic nitrogens is 3. The second-order valence-electron chi connectivity index (χ2n) is 4.50. The van der Waals surface area contributed by atoms with E-state index in [0.717, 1.165) is 6.07 Å². The largest absolute Gasteiger partial charge is 0.455 e. The van der Waals surface area contributed by atoms with Crippen molar-refractivity contribution in [3.05, 3.63) is 69.0 Å². The minimum Gasteiger partial charge on any atom is -0.455 e. The lowest BCUT2D eigenvalue weighted by Gasteiger charge is -1.99. The van der Waals surface area contributed by atoms with Crippen LogP contribution in [-0.2, 0) is 0 Å². The Labute approximate surface area is 133 Å². The summed E-state index contributed by atoms with van der Waals surface area (Å²) in [7, 11) is 0. The van der Waals surface area contributed by atoms with Gasteiger partial charge in [-0.1, -0.05) is 0 Å². The predicted octanol–water partition coefficient (Wildman–Crippen LogP) is 2.24. The summed E-state index contributed by atoms with van der Waals surface area (Å²) in [5, 5.41) is 33.1. The quantitative estimate of drug-likeness (QED) is 0.397. The Morgan fingerprint density at radius 1 is 1.08 bits per heavy atom. The Morgan fingerprint density at radius 2 is 1.83 bits per heavy atom.